The zero-order chi connectivity index (χ0) is 23.4. The van der Waals surface area contributed by atoms with Crippen LogP contribution in [0.3, 0.4) is 0 Å². The van der Waals surface area contributed by atoms with Gasteiger partial charge in [-0.2, -0.15) is 5.10 Å². The molecule has 0 radical (unpaired) electrons. The van der Waals surface area contributed by atoms with Gasteiger partial charge in [-0.05, 0) is 62.8 Å². The number of rotatable bonds is 6. The molecule has 1 aliphatic heterocycles. The molecule has 2 atom stereocenters. The van der Waals surface area contributed by atoms with Gasteiger partial charge in [0.05, 0.1) is 18.8 Å². The summed E-state index contributed by atoms with van der Waals surface area (Å²) < 4.78 is 7.97. The van der Waals surface area contributed by atoms with E-state index in [1.807, 2.05) is 23.9 Å². The predicted octanol–water partition coefficient (Wildman–Crippen LogP) is 3.47. The number of amides is 1. The molecule has 1 amide bonds. The van der Waals surface area contributed by atoms with Crippen LogP contribution >= 0.6 is 11.6 Å². The van der Waals surface area contributed by atoms with Gasteiger partial charge in [0.2, 0.25) is 0 Å². The van der Waals surface area contributed by atoms with E-state index in [2.05, 4.69) is 41.3 Å². The van der Waals surface area contributed by atoms with Crippen molar-refractivity contribution in [2.75, 3.05) is 19.7 Å². The Kier molecular flexibility index (Phi) is 7.75. The van der Waals surface area contributed by atoms with E-state index < -0.39 is 6.10 Å². The first-order valence-electron chi connectivity index (χ1n) is 11.8. The number of halogens is 1. The molecule has 4 rings (SSSR count). The Morgan fingerprint density at radius 3 is 2.64 bits per heavy atom. The molecule has 6 nitrogen and oxygen atoms in total. The molecule has 2 fully saturated rings. The highest BCUT2D eigenvalue weighted by molar-refractivity contribution is 6.30. The molecular weight excluding hydrogens is 436 g/mol. The first-order chi connectivity index (χ1) is 15.9. The van der Waals surface area contributed by atoms with Crippen LogP contribution in [0.5, 0.6) is 0 Å². The van der Waals surface area contributed by atoms with Gasteiger partial charge in [-0.3, -0.25) is 14.4 Å². The second-order valence-corrected chi connectivity index (χ2v) is 9.70. The van der Waals surface area contributed by atoms with E-state index in [1.165, 1.54) is 17.0 Å². The number of ether oxygens (including phenoxy) is 1. The van der Waals surface area contributed by atoms with Crippen molar-refractivity contribution in [1.82, 2.24) is 20.0 Å². The van der Waals surface area contributed by atoms with Gasteiger partial charge in [-0.25, -0.2) is 0 Å². The molecule has 7 heteroatoms. The maximum Gasteiger partial charge on any atom is 0.251 e. The highest BCUT2D eigenvalue weighted by atomic mass is 35.5. The smallest absolute Gasteiger partial charge is 0.251 e. The first-order valence-corrected chi connectivity index (χ1v) is 12.2. The minimum atomic E-state index is -0.490. The van der Waals surface area contributed by atoms with Crippen LogP contribution in [-0.2, 0) is 23.0 Å². The molecule has 1 N–H and O–H groups in total. The van der Waals surface area contributed by atoms with Crippen LogP contribution < -0.4 is 5.32 Å². The van der Waals surface area contributed by atoms with Gasteiger partial charge in [0.25, 0.3) is 5.91 Å². The lowest BCUT2D eigenvalue weighted by molar-refractivity contribution is -0.145. The van der Waals surface area contributed by atoms with Gasteiger partial charge < -0.3 is 10.1 Å². The summed E-state index contributed by atoms with van der Waals surface area (Å²) in [7, 11) is 2.00. The number of hydrogen-bond acceptors (Lipinski definition) is 4. The lowest BCUT2D eigenvalue weighted by Crippen LogP contribution is -2.58. The Morgan fingerprint density at radius 1 is 1.27 bits per heavy atom. The average molecular weight is 469 g/mol. The van der Waals surface area contributed by atoms with Crippen LogP contribution in [0.1, 0.15) is 48.6 Å². The first kappa shape index (κ1) is 23.8. The normalized spacial score (nSPS) is 26.0. The van der Waals surface area contributed by atoms with Gasteiger partial charge in [-0.1, -0.05) is 29.7 Å². The standard InChI is InChI=1S/C26H33ClN4O2/c1-4-13-28-26(32)25-16-31(23(17-33-25)15-19-5-9-21(27)10-6-19)22-11-7-20(8-12-22)24-14-18(2)30(3)29-24/h1,5-6,9-10,14,20,22-23,25H,7-8,11-13,15-17H2,2-3H3,(H,28,32). The van der Waals surface area contributed by atoms with Gasteiger partial charge in [0.15, 0.2) is 0 Å². The van der Waals surface area contributed by atoms with Crippen molar-refractivity contribution in [2.24, 2.45) is 7.05 Å². The van der Waals surface area contributed by atoms with Crippen LogP contribution in [-0.4, -0.2) is 58.5 Å². The molecular formula is C26H33ClN4O2. The van der Waals surface area contributed by atoms with Crippen LogP contribution in [0.4, 0.5) is 0 Å². The van der Waals surface area contributed by atoms with E-state index in [-0.39, 0.29) is 18.5 Å². The Balaban J connectivity index is 1.45. The van der Waals surface area contributed by atoms with Crippen LogP contribution in [0.15, 0.2) is 30.3 Å². The molecule has 2 heterocycles. The maximum atomic E-state index is 12.6. The van der Waals surface area contributed by atoms with Crippen LogP contribution in [0.25, 0.3) is 0 Å². The molecule has 2 unspecified atom stereocenters. The van der Waals surface area contributed by atoms with E-state index in [4.69, 9.17) is 27.9 Å². The fraction of sp³-hybridized carbons (Fsp3) is 0.538. The molecule has 1 aromatic heterocycles. The van der Waals surface area contributed by atoms with E-state index in [0.717, 1.165) is 37.1 Å². The summed E-state index contributed by atoms with van der Waals surface area (Å²) in [6.07, 6.45) is 10.1. The summed E-state index contributed by atoms with van der Waals surface area (Å²) in [5.74, 6) is 2.85. The third kappa shape index (κ3) is 5.78. The largest absolute Gasteiger partial charge is 0.365 e. The Bertz CT molecular complexity index is 969. The van der Waals surface area contributed by atoms with Crippen molar-refractivity contribution in [3.8, 4) is 12.3 Å². The average Bonchev–Trinajstić information content (AvgIpc) is 3.17. The van der Waals surface area contributed by atoms with E-state index in [1.54, 1.807) is 0 Å². The van der Waals surface area contributed by atoms with Crippen LogP contribution in [0.2, 0.25) is 5.02 Å². The van der Waals surface area contributed by atoms with E-state index in [9.17, 15) is 4.79 Å². The minimum absolute atomic E-state index is 0.125. The number of aromatic nitrogens is 2. The third-order valence-electron chi connectivity index (χ3n) is 7.09. The maximum absolute atomic E-state index is 12.6. The SMILES string of the molecule is C#CCNC(=O)C1CN(C2CCC(c3cc(C)n(C)n3)CC2)C(Cc2ccc(Cl)cc2)CO1. The summed E-state index contributed by atoms with van der Waals surface area (Å²) in [6, 6.07) is 10.9. The highest BCUT2D eigenvalue weighted by Crippen LogP contribution is 2.36. The lowest BCUT2D eigenvalue weighted by atomic mass is 9.82. The second kappa shape index (κ2) is 10.7. The summed E-state index contributed by atoms with van der Waals surface area (Å²) in [4.78, 5) is 15.1. The summed E-state index contributed by atoms with van der Waals surface area (Å²) in [5.41, 5.74) is 3.63. The third-order valence-corrected chi connectivity index (χ3v) is 7.35. The summed E-state index contributed by atoms with van der Waals surface area (Å²) >= 11 is 6.08. The minimum Gasteiger partial charge on any atom is -0.365 e. The van der Waals surface area contributed by atoms with Crippen molar-refractivity contribution < 1.29 is 9.53 Å². The lowest BCUT2D eigenvalue weighted by Gasteiger charge is -2.45. The molecule has 2 aromatic rings. The molecule has 1 saturated heterocycles. The predicted molar refractivity (Wildman–Crippen MR) is 130 cm³/mol. The molecule has 1 saturated carbocycles. The van der Waals surface area contributed by atoms with Crippen molar-refractivity contribution in [1.29, 1.82) is 0 Å². The number of terminal acetylenes is 1. The number of benzene rings is 1. The Labute approximate surface area is 201 Å². The van der Waals surface area contributed by atoms with Gasteiger partial charge >= 0.3 is 0 Å². The van der Waals surface area contributed by atoms with E-state index in [0.29, 0.717) is 25.1 Å². The van der Waals surface area contributed by atoms with Crippen molar-refractivity contribution in [2.45, 2.75) is 63.1 Å². The van der Waals surface area contributed by atoms with Crippen molar-refractivity contribution in [3.05, 3.63) is 52.3 Å². The number of morpholine rings is 1. The van der Waals surface area contributed by atoms with Crippen LogP contribution in [0, 0.1) is 19.3 Å². The zero-order valence-electron chi connectivity index (χ0n) is 19.5. The van der Waals surface area contributed by atoms with Gasteiger partial charge in [-0.15, -0.1) is 6.42 Å². The summed E-state index contributed by atoms with van der Waals surface area (Å²) in [5, 5.41) is 8.24. The monoisotopic (exact) mass is 468 g/mol. The van der Waals surface area contributed by atoms with Gasteiger partial charge in [0.1, 0.15) is 6.10 Å². The topological polar surface area (TPSA) is 59.4 Å². The number of carbonyl (C=O) groups is 1. The molecule has 1 aromatic carbocycles. The molecule has 1 aliphatic carbocycles. The quantitative estimate of drug-likeness (QED) is 0.659. The number of aryl methyl sites for hydroxylation is 2. The molecule has 0 spiro atoms. The fourth-order valence-corrected chi connectivity index (χ4v) is 5.26. The molecule has 0 bridgehead atoms. The second-order valence-electron chi connectivity index (χ2n) is 9.26. The number of carbonyl (C=O) groups excluding carboxylic acids is 1. The van der Waals surface area contributed by atoms with Gasteiger partial charge in [0, 0.05) is 42.3 Å². The summed E-state index contributed by atoms with van der Waals surface area (Å²) in [6.45, 7) is 3.44. The van der Waals surface area contributed by atoms with Crippen molar-refractivity contribution in [3.63, 3.8) is 0 Å². The Morgan fingerprint density at radius 2 is 2.00 bits per heavy atom. The number of nitrogens with zero attached hydrogens (tertiary/aromatic N) is 3. The molecule has 176 valence electrons. The number of nitrogens with one attached hydrogen (secondary N) is 1. The zero-order valence-corrected chi connectivity index (χ0v) is 20.2. The highest BCUT2D eigenvalue weighted by Gasteiger charge is 2.38. The molecule has 2 aliphatic rings. The van der Waals surface area contributed by atoms with Crippen molar-refractivity contribution >= 4 is 17.5 Å². The molecule has 33 heavy (non-hydrogen) atoms. The Hall–Kier alpha value is -2.33. The number of hydrogen-bond donors (Lipinski definition) is 1. The van der Waals surface area contributed by atoms with E-state index >= 15 is 0 Å². The fourth-order valence-electron chi connectivity index (χ4n) is 5.13.